The van der Waals surface area contributed by atoms with Gasteiger partial charge in [0.05, 0.1) is 11.0 Å². The van der Waals surface area contributed by atoms with E-state index in [1.54, 1.807) is 0 Å². The molecule has 54 heavy (non-hydrogen) atoms. The summed E-state index contributed by atoms with van der Waals surface area (Å²) in [5, 5.41) is 4.44. The van der Waals surface area contributed by atoms with E-state index in [1.165, 1.54) is 27.4 Å². The van der Waals surface area contributed by atoms with Crippen molar-refractivity contribution in [2.24, 2.45) is 0 Å². The van der Waals surface area contributed by atoms with Gasteiger partial charge in [-0.25, -0.2) is 4.98 Å². The number of rotatable bonds is 6. The van der Waals surface area contributed by atoms with E-state index in [4.69, 9.17) is 13.8 Å². The van der Waals surface area contributed by atoms with Crippen molar-refractivity contribution < 1.29 is 8.83 Å². The highest BCUT2D eigenvalue weighted by molar-refractivity contribution is 6.11. The fraction of sp³-hybridized carbons (Fsp3) is 0. The van der Waals surface area contributed by atoms with Gasteiger partial charge in [-0.2, -0.15) is 0 Å². The minimum atomic E-state index is 0.599. The molecule has 0 saturated heterocycles. The molecule has 0 N–H and O–H groups in total. The molecule has 0 bridgehead atoms. The van der Waals surface area contributed by atoms with Gasteiger partial charge in [-0.15, -0.1) is 0 Å². The van der Waals surface area contributed by atoms with Crippen LogP contribution in [0.25, 0.3) is 83.1 Å². The highest BCUT2D eigenvalue weighted by Gasteiger charge is 2.20. The molecule has 11 rings (SSSR count). The number of nitrogens with zero attached hydrogens (tertiary/aromatic N) is 3. The van der Waals surface area contributed by atoms with Crippen LogP contribution in [0.4, 0.5) is 17.1 Å². The molecular weight excluding hydrogens is 663 g/mol. The Morgan fingerprint density at radius 1 is 0.389 bits per heavy atom. The number of hydrogen-bond donors (Lipinski definition) is 0. The second-order valence-electron chi connectivity index (χ2n) is 13.6. The molecular formula is C49H31N3O2. The molecule has 0 unspecified atom stereocenters. The van der Waals surface area contributed by atoms with Gasteiger partial charge >= 0.3 is 0 Å². The molecule has 3 aromatic heterocycles. The Morgan fingerprint density at radius 3 is 1.76 bits per heavy atom. The summed E-state index contributed by atoms with van der Waals surface area (Å²) in [6.45, 7) is 0. The molecule has 3 heterocycles. The Labute approximate surface area is 310 Å². The van der Waals surface area contributed by atoms with Gasteiger partial charge in [-0.05, 0) is 83.9 Å². The number of fused-ring (bicyclic) bond motifs is 7. The van der Waals surface area contributed by atoms with Crippen LogP contribution in [0.15, 0.2) is 197 Å². The predicted octanol–water partition coefficient (Wildman–Crippen LogP) is 13.6. The number of para-hydroxylation sites is 2. The summed E-state index contributed by atoms with van der Waals surface area (Å²) in [7, 11) is 0. The predicted molar refractivity (Wildman–Crippen MR) is 221 cm³/mol. The fourth-order valence-electron chi connectivity index (χ4n) is 7.86. The summed E-state index contributed by atoms with van der Waals surface area (Å²) in [6, 6.07) is 65.8. The third-order valence-corrected chi connectivity index (χ3v) is 10.4. The lowest BCUT2D eigenvalue weighted by molar-refractivity contribution is 0.620. The average Bonchev–Trinajstić information content (AvgIpc) is 3.92. The van der Waals surface area contributed by atoms with Crippen LogP contribution in [0.2, 0.25) is 0 Å². The first-order valence-corrected chi connectivity index (χ1v) is 18.1. The van der Waals surface area contributed by atoms with Crippen LogP contribution >= 0.6 is 0 Å². The molecule has 0 radical (unpaired) electrons. The van der Waals surface area contributed by atoms with Crippen molar-refractivity contribution in [3.8, 4) is 28.3 Å². The van der Waals surface area contributed by atoms with E-state index in [0.717, 1.165) is 66.9 Å². The summed E-state index contributed by atoms with van der Waals surface area (Å²) in [4.78, 5) is 7.10. The van der Waals surface area contributed by atoms with Gasteiger partial charge in [0.25, 0.3) is 0 Å². The lowest BCUT2D eigenvalue weighted by Crippen LogP contribution is -2.10. The number of oxazole rings is 1. The van der Waals surface area contributed by atoms with Crippen LogP contribution in [0.3, 0.4) is 0 Å². The zero-order chi connectivity index (χ0) is 35.6. The molecule has 0 fully saturated rings. The lowest BCUT2D eigenvalue weighted by Gasteiger charge is -2.26. The minimum absolute atomic E-state index is 0.599. The minimum Gasteiger partial charge on any atom is -0.456 e. The van der Waals surface area contributed by atoms with E-state index in [-0.39, 0.29) is 0 Å². The second-order valence-corrected chi connectivity index (χ2v) is 13.6. The average molecular weight is 694 g/mol. The molecule has 5 heteroatoms. The van der Waals surface area contributed by atoms with Crippen LogP contribution in [-0.2, 0) is 0 Å². The molecule has 0 aliphatic carbocycles. The quantitative estimate of drug-likeness (QED) is 0.174. The van der Waals surface area contributed by atoms with Crippen molar-refractivity contribution in [2.45, 2.75) is 0 Å². The van der Waals surface area contributed by atoms with Crippen molar-refractivity contribution in [3.63, 3.8) is 0 Å². The van der Waals surface area contributed by atoms with Gasteiger partial charge in [0.1, 0.15) is 16.7 Å². The maximum absolute atomic E-state index is 6.59. The highest BCUT2D eigenvalue weighted by atomic mass is 16.4. The van der Waals surface area contributed by atoms with E-state index in [2.05, 4.69) is 155 Å². The molecule has 0 amide bonds. The number of furan rings is 1. The molecule has 0 aliphatic rings. The molecule has 8 aromatic carbocycles. The largest absolute Gasteiger partial charge is 0.456 e. The molecule has 0 saturated carbocycles. The highest BCUT2D eigenvalue weighted by Crippen LogP contribution is 2.42. The van der Waals surface area contributed by atoms with Crippen molar-refractivity contribution in [3.05, 3.63) is 188 Å². The van der Waals surface area contributed by atoms with Crippen LogP contribution in [0, 0.1) is 0 Å². The van der Waals surface area contributed by atoms with Gasteiger partial charge in [0, 0.05) is 62.0 Å². The zero-order valence-electron chi connectivity index (χ0n) is 29.1. The van der Waals surface area contributed by atoms with Gasteiger partial charge in [0.15, 0.2) is 5.58 Å². The Hall–Kier alpha value is -7.37. The van der Waals surface area contributed by atoms with Crippen LogP contribution in [-0.4, -0.2) is 9.55 Å². The van der Waals surface area contributed by atoms with E-state index < -0.39 is 0 Å². The maximum Gasteiger partial charge on any atom is 0.227 e. The number of hydrogen-bond acceptors (Lipinski definition) is 4. The van der Waals surface area contributed by atoms with E-state index in [1.807, 2.05) is 42.5 Å². The topological polar surface area (TPSA) is 47.3 Å². The Morgan fingerprint density at radius 2 is 0.981 bits per heavy atom. The summed E-state index contributed by atoms with van der Waals surface area (Å²) in [5.41, 5.74) is 12.9. The Balaban J connectivity index is 1.08. The lowest BCUT2D eigenvalue weighted by atomic mass is 10.0. The van der Waals surface area contributed by atoms with Crippen molar-refractivity contribution in [1.29, 1.82) is 0 Å². The number of aromatic nitrogens is 2. The smallest absolute Gasteiger partial charge is 0.227 e. The Kier molecular flexibility index (Phi) is 6.79. The van der Waals surface area contributed by atoms with Gasteiger partial charge in [-0.3, -0.25) is 0 Å². The van der Waals surface area contributed by atoms with Gasteiger partial charge in [-0.1, -0.05) is 103 Å². The maximum atomic E-state index is 6.59. The molecule has 254 valence electrons. The molecule has 0 spiro atoms. The van der Waals surface area contributed by atoms with E-state index in [9.17, 15) is 0 Å². The third-order valence-electron chi connectivity index (χ3n) is 10.4. The van der Waals surface area contributed by atoms with Crippen LogP contribution in [0.5, 0.6) is 0 Å². The van der Waals surface area contributed by atoms with Crippen LogP contribution in [0.1, 0.15) is 0 Å². The summed E-state index contributed by atoms with van der Waals surface area (Å²) in [5.74, 6) is 0.599. The fourth-order valence-corrected chi connectivity index (χ4v) is 7.86. The number of benzene rings is 8. The molecule has 0 atom stereocenters. The first-order valence-electron chi connectivity index (χ1n) is 18.1. The van der Waals surface area contributed by atoms with Gasteiger partial charge < -0.3 is 18.3 Å². The monoisotopic (exact) mass is 693 g/mol. The van der Waals surface area contributed by atoms with Crippen molar-refractivity contribution in [2.75, 3.05) is 4.90 Å². The molecule has 11 aromatic rings. The first kappa shape index (κ1) is 30.3. The summed E-state index contributed by atoms with van der Waals surface area (Å²) in [6.07, 6.45) is 0. The standard InChI is InChI=1S/C49H31N3O2/c1-4-12-32(13-5-1)33-20-22-36(23-21-33)51(37-24-26-40-39-18-10-11-19-44(39)52(45(40)28-37)35-16-8-3-9-17-35)38-25-27-41-42-30-48-43(31-47(42)53-46(41)29-38)50-49(54-48)34-14-6-2-7-15-34/h1-31H. The zero-order valence-corrected chi connectivity index (χ0v) is 29.1. The van der Waals surface area contributed by atoms with E-state index >= 15 is 0 Å². The Bertz CT molecular complexity index is 3140. The van der Waals surface area contributed by atoms with Gasteiger partial charge in [0.2, 0.25) is 5.89 Å². The molecule has 0 aliphatic heterocycles. The van der Waals surface area contributed by atoms with Crippen molar-refractivity contribution in [1.82, 2.24) is 9.55 Å². The normalized spacial score (nSPS) is 11.7. The first-order chi connectivity index (χ1) is 26.7. The second kappa shape index (κ2) is 12.1. The van der Waals surface area contributed by atoms with Crippen molar-refractivity contribution >= 4 is 71.9 Å². The SMILES string of the molecule is c1ccc(-c2ccc(N(c3ccc4c(c3)oc3cc5nc(-c6ccccc6)oc5cc34)c3ccc4c5ccccc5n(-c5ccccc5)c4c3)cc2)cc1. The summed E-state index contributed by atoms with van der Waals surface area (Å²) >= 11 is 0. The summed E-state index contributed by atoms with van der Waals surface area (Å²) < 4.78 is 15.2. The van der Waals surface area contributed by atoms with Crippen LogP contribution < -0.4 is 4.90 Å². The number of anilines is 3. The molecule has 5 nitrogen and oxygen atoms in total. The van der Waals surface area contributed by atoms with E-state index in [0.29, 0.717) is 5.89 Å². The third kappa shape index (κ3) is 4.90.